The summed E-state index contributed by atoms with van der Waals surface area (Å²) in [4.78, 5) is 7.53. The number of thiazole rings is 1. The Morgan fingerprint density at radius 2 is 2.19 bits per heavy atom. The number of thioether (sulfide) groups is 1. The normalized spacial score (nSPS) is 15.7. The molecule has 0 radical (unpaired) electrons. The van der Waals surface area contributed by atoms with Gasteiger partial charge in [0, 0.05) is 29.6 Å². The van der Waals surface area contributed by atoms with Gasteiger partial charge < -0.3 is 20.3 Å². The molecular formula is C21H24N4O3S3. The molecule has 1 atom stereocenters. The highest BCUT2D eigenvalue weighted by molar-refractivity contribution is 8.00. The zero-order valence-electron chi connectivity index (χ0n) is 17.0. The number of rotatable bonds is 8. The van der Waals surface area contributed by atoms with Crippen LogP contribution in [0.5, 0.6) is 5.75 Å². The molecule has 164 valence electrons. The number of benzene rings is 1. The average Bonchev–Trinajstić information content (AvgIpc) is 3.45. The second-order valence-corrected chi connectivity index (χ2v) is 9.92. The van der Waals surface area contributed by atoms with Gasteiger partial charge in [0.05, 0.1) is 28.0 Å². The van der Waals surface area contributed by atoms with Gasteiger partial charge in [0.15, 0.2) is 0 Å². The minimum atomic E-state index is -0.655. The fourth-order valence-electron chi connectivity index (χ4n) is 3.23. The molecule has 4 rings (SSSR count). The molecule has 1 fully saturated rings. The number of amidine groups is 1. The average molecular weight is 477 g/mol. The smallest absolute Gasteiger partial charge is 0.141 e. The van der Waals surface area contributed by atoms with Gasteiger partial charge >= 0.3 is 0 Å². The van der Waals surface area contributed by atoms with Gasteiger partial charge in [-0.15, -0.1) is 34.4 Å². The van der Waals surface area contributed by atoms with Gasteiger partial charge in [-0.1, -0.05) is 12.1 Å². The quantitative estimate of drug-likeness (QED) is 0.259. The molecular weight excluding hydrogens is 452 g/mol. The number of hydrogen-bond acceptors (Lipinski definition) is 9. The second-order valence-electron chi connectivity index (χ2n) is 6.94. The lowest BCUT2D eigenvalue weighted by Crippen LogP contribution is -2.46. The van der Waals surface area contributed by atoms with Crippen LogP contribution < -0.4 is 10.5 Å². The first-order chi connectivity index (χ1) is 15.0. The van der Waals surface area contributed by atoms with Crippen LogP contribution >= 0.6 is 34.4 Å². The number of nitrogen functional groups attached to an aromatic ring is 1. The van der Waals surface area contributed by atoms with Gasteiger partial charge in [-0.3, -0.25) is 10.3 Å². The Morgan fingerprint density at radius 1 is 1.39 bits per heavy atom. The highest BCUT2D eigenvalue weighted by atomic mass is 32.2. The molecule has 0 saturated carbocycles. The van der Waals surface area contributed by atoms with E-state index in [9.17, 15) is 5.11 Å². The molecule has 7 nitrogen and oxygen atoms in total. The van der Waals surface area contributed by atoms with Crippen molar-refractivity contribution in [2.75, 3.05) is 39.2 Å². The topological polar surface area (TPSA) is 105 Å². The van der Waals surface area contributed by atoms with Crippen LogP contribution in [0.4, 0.5) is 0 Å². The predicted molar refractivity (Wildman–Crippen MR) is 128 cm³/mol. The highest BCUT2D eigenvalue weighted by Crippen LogP contribution is 2.40. The van der Waals surface area contributed by atoms with Gasteiger partial charge in [0.1, 0.15) is 29.4 Å². The van der Waals surface area contributed by atoms with Crippen molar-refractivity contribution in [3.8, 4) is 27.6 Å². The summed E-state index contributed by atoms with van der Waals surface area (Å²) in [5.74, 6) is 0.769. The maximum Gasteiger partial charge on any atom is 0.141 e. The zero-order valence-corrected chi connectivity index (χ0v) is 19.5. The number of aromatic nitrogens is 1. The Morgan fingerprint density at radius 3 is 2.94 bits per heavy atom. The van der Waals surface area contributed by atoms with Gasteiger partial charge in [0.25, 0.3) is 0 Å². The summed E-state index contributed by atoms with van der Waals surface area (Å²) in [7, 11) is 0. The second kappa shape index (κ2) is 10.1. The third-order valence-corrected chi connectivity index (χ3v) is 8.06. The van der Waals surface area contributed by atoms with Crippen LogP contribution in [0.3, 0.4) is 0 Å². The molecule has 0 amide bonds. The summed E-state index contributed by atoms with van der Waals surface area (Å²) in [5.41, 5.74) is 8.49. The third-order valence-electron chi connectivity index (χ3n) is 4.88. The maximum atomic E-state index is 10.4. The van der Waals surface area contributed by atoms with Crippen molar-refractivity contribution in [3.05, 3.63) is 40.6 Å². The van der Waals surface area contributed by atoms with E-state index in [1.165, 1.54) is 11.3 Å². The van der Waals surface area contributed by atoms with Crippen LogP contribution in [0, 0.1) is 5.41 Å². The summed E-state index contributed by atoms with van der Waals surface area (Å²) >= 11 is 4.72. The molecule has 10 heteroatoms. The number of ether oxygens (including phenoxy) is 2. The summed E-state index contributed by atoms with van der Waals surface area (Å²) in [6.45, 7) is 2.88. The molecule has 1 aromatic carbocycles. The molecule has 1 saturated heterocycles. The van der Waals surface area contributed by atoms with Gasteiger partial charge in [-0.2, -0.15) is 0 Å². The summed E-state index contributed by atoms with van der Waals surface area (Å²) in [6.07, 6.45) is 1.36. The van der Waals surface area contributed by atoms with E-state index in [-0.39, 0.29) is 12.4 Å². The van der Waals surface area contributed by atoms with Crippen LogP contribution in [-0.4, -0.2) is 66.2 Å². The number of aliphatic hydroxyl groups excluding tert-OH is 1. The molecule has 0 aliphatic carbocycles. The fraction of sp³-hybridized carbons (Fsp3) is 0.333. The largest absolute Gasteiger partial charge is 0.489 e. The van der Waals surface area contributed by atoms with Gasteiger partial charge in [0.2, 0.25) is 0 Å². The number of thiophene rings is 1. The van der Waals surface area contributed by atoms with E-state index in [2.05, 4.69) is 0 Å². The lowest BCUT2D eigenvalue weighted by Gasteiger charge is -2.30. The van der Waals surface area contributed by atoms with Crippen molar-refractivity contribution in [1.82, 2.24) is 9.88 Å². The first kappa shape index (κ1) is 22.3. The van der Waals surface area contributed by atoms with Crippen molar-refractivity contribution < 1.29 is 14.6 Å². The van der Waals surface area contributed by atoms with Crippen LogP contribution in [-0.2, 0) is 4.74 Å². The Kier molecular flexibility index (Phi) is 7.26. The molecule has 31 heavy (non-hydrogen) atoms. The van der Waals surface area contributed by atoms with E-state index in [0.29, 0.717) is 32.1 Å². The van der Waals surface area contributed by atoms with Gasteiger partial charge in [-0.05, 0) is 24.5 Å². The Hall–Kier alpha value is -1.95. The molecule has 1 aliphatic heterocycles. The first-order valence-electron chi connectivity index (χ1n) is 9.76. The molecule has 1 aliphatic rings. The number of nitrogens with one attached hydrogen (secondary N) is 1. The number of hydrogen-bond donors (Lipinski definition) is 3. The minimum absolute atomic E-state index is 0.0763. The summed E-state index contributed by atoms with van der Waals surface area (Å²) in [6, 6.07) is 9.68. The number of aliphatic hydroxyl groups is 1. The molecule has 4 N–H and O–H groups in total. The van der Waals surface area contributed by atoms with Crippen molar-refractivity contribution in [3.63, 3.8) is 0 Å². The van der Waals surface area contributed by atoms with Crippen molar-refractivity contribution in [2.24, 2.45) is 5.73 Å². The Labute approximate surface area is 193 Å². The summed E-state index contributed by atoms with van der Waals surface area (Å²) in [5, 5.41) is 21.0. The lowest BCUT2D eigenvalue weighted by atomic mass is 10.1. The zero-order chi connectivity index (χ0) is 21.8. The standard InChI is InChI=1S/C21H24N4O3S3/c1-29-21-15(10-17(31-21)19(22)23)20-24-16(12-30-20)13-3-2-4-14(9-13)28-11-18(26)25-5-7-27-8-6-25/h2-4,9-10,12,18,26H,5-8,11H2,1H3,(H3,22,23). The van der Waals surface area contributed by atoms with Crippen molar-refractivity contribution in [1.29, 1.82) is 5.41 Å². The number of morpholine rings is 1. The Balaban J connectivity index is 1.47. The Bertz CT molecular complexity index is 1050. The van der Waals surface area contributed by atoms with Crippen LogP contribution in [0.2, 0.25) is 0 Å². The third kappa shape index (κ3) is 5.28. The van der Waals surface area contributed by atoms with E-state index < -0.39 is 6.23 Å². The van der Waals surface area contributed by atoms with Crippen LogP contribution in [0.1, 0.15) is 4.88 Å². The molecule has 3 aromatic rings. The molecule has 2 aromatic heterocycles. The van der Waals surface area contributed by atoms with E-state index in [1.54, 1.807) is 23.1 Å². The SMILES string of the molecule is CSc1sc(C(=N)N)cc1-c1nc(-c2cccc(OCC(O)N3CCOCC3)c2)cs1. The molecule has 3 heterocycles. The fourth-order valence-corrected chi connectivity index (χ4v) is 5.95. The van der Waals surface area contributed by atoms with Crippen LogP contribution in [0.25, 0.3) is 21.8 Å². The minimum Gasteiger partial charge on any atom is -0.489 e. The molecule has 1 unspecified atom stereocenters. The van der Waals surface area contributed by atoms with E-state index in [4.69, 9.17) is 25.6 Å². The van der Waals surface area contributed by atoms with Crippen LogP contribution in [0.15, 0.2) is 39.9 Å². The van der Waals surface area contributed by atoms with Crippen molar-refractivity contribution >= 4 is 40.3 Å². The van der Waals surface area contributed by atoms with E-state index >= 15 is 0 Å². The highest BCUT2D eigenvalue weighted by Gasteiger charge is 2.19. The predicted octanol–water partition coefficient (Wildman–Crippen LogP) is 3.57. The van der Waals surface area contributed by atoms with Gasteiger partial charge in [-0.25, -0.2) is 4.98 Å². The van der Waals surface area contributed by atoms with Crippen molar-refractivity contribution in [2.45, 2.75) is 10.4 Å². The summed E-state index contributed by atoms with van der Waals surface area (Å²) < 4.78 is 12.3. The monoisotopic (exact) mass is 476 g/mol. The maximum absolute atomic E-state index is 10.4. The van der Waals surface area contributed by atoms with E-state index in [1.807, 2.05) is 46.9 Å². The van der Waals surface area contributed by atoms with E-state index in [0.717, 1.165) is 30.9 Å². The molecule has 0 spiro atoms. The number of nitrogens with two attached hydrogens (primary N) is 1. The number of nitrogens with zero attached hydrogens (tertiary/aromatic N) is 2. The first-order valence-corrected chi connectivity index (χ1v) is 12.7. The lowest BCUT2D eigenvalue weighted by molar-refractivity contribution is -0.0752. The molecule has 0 bridgehead atoms.